The molecule has 0 saturated carbocycles. The highest BCUT2D eigenvalue weighted by Gasteiger charge is 2.43. The van der Waals surface area contributed by atoms with Gasteiger partial charge in [-0.25, -0.2) is 0 Å². The van der Waals surface area contributed by atoms with Crippen molar-refractivity contribution >= 4 is 5.91 Å². The summed E-state index contributed by atoms with van der Waals surface area (Å²) < 4.78 is 0. The van der Waals surface area contributed by atoms with Crippen molar-refractivity contribution < 1.29 is 4.79 Å². The summed E-state index contributed by atoms with van der Waals surface area (Å²) in [6.45, 7) is 4.61. The molecule has 1 fully saturated rings. The van der Waals surface area contributed by atoms with Gasteiger partial charge in [-0.1, -0.05) is 29.9 Å². The number of nitrogens with zero attached hydrogens (tertiary/aromatic N) is 1. The number of carbonyl (C=O) groups is 1. The number of piperidine rings is 1. The maximum Gasteiger partial charge on any atom is 0.236 e. The number of hydrogen-bond acceptors (Lipinski definition) is 1. The van der Waals surface area contributed by atoms with E-state index in [4.69, 9.17) is 0 Å². The number of amides is 1. The van der Waals surface area contributed by atoms with E-state index in [-0.39, 0.29) is 5.91 Å². The van der Waals surface area contributed by atoms with Gasteiger partial charge in [0.25, 0.3) is 0 Å². The molecule has 0 aromatic rings. The van der Waals surface area contributed by atoms with Crippen LogP contribution in [-0.4, -0.2) is 24.4 Å². The Balaban J connectivity index is 2.42. The van der Waals surface area contributed by atoms with E-state index in [0.29, 0.717) is 0 Å². The van der Waals surface area contributed by atoms with Crippen LogP contribution >= 0.6 is 0 Å². The van der Waals surface area contributed by atoms with E-state index in [2.05, 4.69) is 24.8 Å². The van der Waals surface area contributed by atoms with Crippen molar-refractivity contribution in [3.8, 4) is 0 Å². The average molecular weight is 203 g/mol. The molecule has 1 aliphatic heterocycles. The quantitative estimate of drug-likeness (QED) is 0.631. The molecule has 1 saturated heterocycles. The second kappa shape index (κ2) is 3.69. The monoisotopic (exact) mass is 203 g/mol. The van der Waals surface area contributed by atoms with Crippen LogP contribution in [0.4, 0.5) is 0 Å². The molecule has 1 amide bonds. The molecule has 80 valence electrons. The maximum atomic E-state index is 12.3. The Morgan fingerprint density at radius 2 is 2.47 bits per heavy atom. The summed E-state index contributed by atoms with van der Waals surface area (Å²) in [5.41, 5.74) is 0.889. The van der Waals surface area contributed by atoms with Crippen molar-refractivity contribution in [2.75, 3.05) is 13.6 Å². The number of hydrogen-bond donors (Lipinski definition) is 0. The molecular weight excluding hydrogens is 186 g/mol. The Labute approximate surface area is 91.0 Å². The van der Waals surface area contributed by atoms with Crippen LogP contribution in [-0.2, 0) is 4.79 Å². The zero-order valence-electron chi connectivity index (χ0n) is 9.20. The molecule has 0 spiro atoms. The van der Waals surface area contributed by atoms with Gasteiger partial charge in [-0.2, -0.15) is 0 Å². The number of fused-ring (bicyclic) bond motifs is 1. The minimum atomic E-state index is -0.396. The van der Waals surface area contributed by atoms with Gasteiger partial charge in [0.2, 0.25) is 5.91 Å². The Morgan fingerprint density at radius 1 is 1.67 bits per heavy atom. The topological polar surface area (TPSA) is 20.3 Å². The van der Waals surface area contributed by atoms with Gasteiger partial charge < -0.3 is 4.90 Å². The third kappa shape index (κ3) is 1.44. The minimum Gasteiger partial charge on any atom is -0.344 e. The van der Waals surface area contributed by atoms with Gasteiger partial charge in [0.15, 0.2) is 0 Å². The summed E-state index contributed by atoms with van der Waals surface area (Å²) in [4.78, 5) is 14.1. The third-order valence-corrected chi connectivity index (χ3v) is 3.39. The molecule has 1 heterocycles. The molecule has 2 rings (SSSR count). The summed E-state index contributed by atoms with van der Waals surface area (Å²) in [7, 11) is 1.88. The second-order valence-corrected chi connectivity index (χ2v) is 4.31. The van der Waals surface area contributed by atoms with E-state index in [1.165, 1.54) is 5.57 Å². The zero-order valence-corrected chi connectivity index (χ0v) is 9.20. The molecule has 0 radical (unpaired) electrons. The van der Waals surface area contributed by atoms with Gasteiger partial charge in [-0.3, -0.25) is 4.79 Å². The van der Waals surface area contributed by atoms with Crippen LogP contribution in [0.15, 0.2) is 36.5 Å². The van der Waals surface area contributed by atoms with E-state index in [0.717, 1.165) is 25.8 Å². The lowest BCUT2D eigenvalue weighted by molar-refractivity contribution is -0.138. The van der Waals surface area contributed by atoms with Crippen molar-refractivity contribution in [2.24, 2.45) is 5.41 Å². The average Bonchev–Trinajstić information content (AvgIpc) is 2.25. The van der Waals surface area contributed by atoms with Gasteiger partial charge in [-0.05, 0) is 19.3 Å². The first-order valence-corrected chi connectivity index (χ1v) is 5.44. The highest BCUT2D eigenvalue weighted by Crippen LogP contribution is 2.42. The normalized spacial score (nSPS) is 29.8. The van der Waals surface area contributed by atoms with E-state index >= 15 is 0 Å². The van der Waals surface area contributed by atoms with E-state index < -0.39 is 5.41 Å². The summed E-state index contributed by atoms with van der Waals surface area (Å²) in [5, 5.41) is 0. The zero-order chi connectivity index (χ0) is 10.9. The third-order valence-electron chi connectivity index (χ3n) is 3.39. The van der Waals surface area contributed by atoms with Crippen molar-refractivity contribution in [3.05, 3.63) is 36.5 Å². The fourth-order valence-electron chi connectivity index (χ4n) is 2.55. The summed E-state index contributed by atoms with van der Waals surface area (Å²) in [5.74, 6) is 0.218. The molecule has 1 unspecified atom stereocenters. The minimum absolute atomic E-state index is 0.218. The van der Waals surface area contributed by atoms with Crippen molar-refractivity contribution in [1.29, 1.82) is 0 Å². The summed E-state index contributed by atoms with van der Waals surface area (Å²) in [6.07, 6.45) is 10.9. The van der Waals surface area contributed by atoms with Crippen LogP contribution in [0, 0.1) is 5.41 Å². The van der Waals surface area contributed by atoms with Crippen molar-refractivity contribution in [3.63, 3.8) is 0 Å². The van der Waals surface area contributed by atoms with E-state index in [9.17, 15) is 4.79 Å². The molecule has 0 N–H and O–H groups in total. The standard InChI is InChI=1S/C13H17NO/c1-3-8-13-9-5-4-6-11(13)7-10-14(2)12(13)15/h3,5-6,9H,1,4,7-8,10H2,2H3. The fraction of sp³-hybridized carbons (Fsp3) is 0.462. The lowest BCUT2D eigenvalue weighted by Gasteiger charge is -2.41. The Bertz CT molecular complexity index is 354. The number of carbonyl (C=O) groups excluding carboxylic acids is 1. The Hall–Kier alpha value is -1.31. The summed E-state index contributed by atoms with van der Waals surface area (Å²) in [6, 6.07) is 0. The van der Waals surface area contributed by atoms with Crippen molar-refractivity contribution in [1.82, 2.24) is 4.90 Å². The number of rotatable bonds is 2. The SMILES string of the molecule is C=CCC12C=CCC=C1CCN(C)C2=O. The first kappa shape index (κ1) is 10.2. The molecule has 0 bridgehead atoms. The second-order valence-electron chi connectivity index (χ2n) is 4.31. The fourth-order valence-corrected chi connectivity index (χ4v) is 2.55. The Kier molecular flexibility index (Phi) is 2.51. The van der Waals surface area contributed by atoms with Crippen LogP contribution in [0.2, 0.25) is 0 Å². The van der Waals surface area contributed by atoms with Gasteiger partial charge >= 0.3 is 0 Å². The first-order chi connectivity index (χ1) is 7.20. The molecule has 1 atom stereocenters. The maximum absolute atomic E-state index is 12.3. The van der Waals surface area contributed by atoms with Crippen LogP contribution in [0.3, 0.4) is 0 Å². The molecule has 2 heteroatoms. The number of likely N-dealkylation sites (tertiary alicyclic amines) is 1. The van der Waals surface area contributed by atoms with Crippen molar-refractivity contribution in [2.45, 2.75) is 19.3 Å². The molecule has 2 aliphatic rings. The van der Waals surface area contributed by atoms with Gasteiger partial charge in [0.05, 0.1) is 5.41 Å². The lowest BCUT2D eigenvalue weighted by Crippen LogP contribution is -2.47. The lowest BCUT2D eigenvalue weighted by atomic mass is 9.70. The first-order valence-electron chi connectivity index (χ1n) is 5.44. The highest BCUT2D eigenvalue weighted by atomic mass is 16.2. The van der Waals surface area contributed by atoms with Gasteiger partial charge in [-0.15, -0.1) is 6.58 Å². The van der Waals surface area contributed by atoms with Crippen LogP contribution < -0.4 is 0 Å². The Morgan fingerprint density at radius 3 is 3.20 bits per heavy atom. The molecule has 2 nitrogen and oxygen atoms in total. The van der Waals surface area contributed by atoms with E-state index in [1.807, 2.05) is 18.0 Å². The molecular formula is C13H17NO. The van der Waals surface area contributed by atoms with Crippen LogP contribution in [0.1, 0.15) is 19.3 Å². The van der Waals surface area contributed by atoms with Crippen LogP contribution in [0.5, 0.6) is 0 Å². The van der Waals surface area contributed by atoms with E-state index in [1.54, 1.807) is 0 Å². The predicted molar refractivity (Wildman–Crippen MR) is 61.3 cm³/mol. The molecule has 15 heavy (non-hydrogen) atoms. The predicted octanol–water partition coefficient (Wildman–Crippen LogP) is 2.30. The largest absolute Gasteiger partial charge is 0.344 e. The molecule has 0 aromatic carbocycles. The molecule has 0 aromatic heterocycles. The van der Waals surface area contributed by atoms with Crippen LogP contribution in [0.25, 0.3) is 0 Å². The smallest absolute Gasteiger partial charge is 0.236 e. The van der Waals surface area contributed by atoms with Gasteiger partial charge in [0.1, 0.15) is 0 Å². The molecule has 1 aliphatic carbocycles. The number of allylic oxidation sites excluding steroid dienone is 3. The summed E-state index contributed by atoms with van der Waals surface area (Å²) >= 11 is 0. The van der Waals surface area contributed by atoms with Gasteiger partial charge in [0, 0.05) is 13.6 Å². The highest BCUT2D eigenvalue weighted by molar-refractivity contribution is 5.89.